The van der Waals surface area contributed by atoms with Crippen LogP contribution in [0.4, 0.5) is 0 Å². The Morgan fingerprint density at radius 1 is 0.727 bits per heavy atom. The molecule has 22 heavy (non-hydrogen) atoms. The Hall–Kier alpha value is -0.0470. The number of aliphatic carboxylic acids is 2. The van der Waals surface area contributed by atoms with Crippen molar-refractivity contribution >= 4 is 11.9 Å². The normalized spacial score (nSPS) is 11.8. The van der Waals surface area contributed by atoms with Gasteiger partial charge in [0.05, 0.1) is 11.8 Å². The van der Waals surface area contributed by atoms with Gasteiger partial charge in [0.25, 0.3) is 0 Å². The Labute approximate surface area is 156 Å². The first kappa shape index (κ1) is 29.9. The maximum absolute atomic E-state index is 10.4. The van der Waals surface area contributed by atoms with Crippen molar-refractivity contribution in [3.05, 3.63) is 0 Å². The molecule has 0 saturated carbocycles. The topological polar surface area (TPSA) is 74.6 Å². The van der Waals surface area contributed by atoms with Gasteiger partial charge in [-0.05, 0) is 25.7 Å². The fourth-order valence-electron chi connectivity index (χ4n) is 1.91. The predicted octanol–water partition coefficient (Wildman–Crippen LogP) is 4.57. The molecular formula is C16H32Co2O4. The second-order valence-corrected chi connectivity index (χ2v) is 5.17. The van der Waals surface area contributed by atoms with E-state index in [1.54, 1.807) is 0 Å². The van der Waals surface area contributed by atoms with Crippen LogP contribution >= 0.6 is 0 Å². The van der Waals surface area contributed by atoms with Crippen molar-refractivity contribution in [1.29, 1.82) is 0 Å². The summed E-state index contributed by atoms with van der Waals surface area (Å²) in [5.74, 6) is -1.51. The number of carbonyl (C=O) groups is 2. The smallest absolute Gasteiger partial charge is 0.306 e. The van der Waals surface area contributed by atoms with E-state index in [4.69, 9.17) is 10.2 Å². The van der Waals surface area contributed by atoms with Crippen molar-refractivity contribution in [2.45, 2.75) is 79.1 Å². The number of unbranched alkanes of at least 4 members (excludes halogenated alkanes) is 2. The number of hydrogen-bond donors (Lipinski definition) is 2. The van der Waals surface area contributed by atoms with Crippen LogP contribution in [0.15, 0.2) is 0 Å². The van der Waals surface area contributed by atoms with E-state index in [0.29, 0.717) is 0 Å². The number of rotatable bonds is 10. The molecule has 0 amide bonds. The second kappa shape index (κ2) is 21.0. The minimum Gasteiger partial charge on any atom is -0.481 e. The fourth-order valence-corrected chi connectivity index (χ4v) is 1.91. The van der Waals surface area contributed by atoms with Crippen molar-refractivity contribution in [2.24, 2.45) is 11.8 Å². The first-order valence-electron chi connectivity index (χ1n) is 7.89. The first-order chi connectivity index (χ1) is 9.44. The molecule has 2 N–H and O–H groups in total. The average Bonchev–Trinajstić information content (AvgIpc) is 2.40. The van der Waals surface area contributed by atoms with Crippen LogP contribution in [-0.2, 0) is 43.1 Å². The van der Waals surface area contributed by atoms with Gasteiger partial charge >= 0.3 is 11.9 Å². The maximum Gasteiger partial charge on any atom is 0.306 e. The first-order valence-corrected chi connectivity index (χ1v) is 7.89. The summed E-state index contributed by atoms with van der Waals surface area (Å²) in [6.07, 6.45) is 7.43. The zero-order valence-corrected chi connectivity index (χ0v) is 16.3. The quantitative estimate of drug-likeness (QED) is 0.558. The SMILES string of the molecule is CCCCC(CC)C(=O)O.CCCCC(CC)C(=O)O.[Co].[Co]. The van der Waals surface area contributed by atoms with Crippen molar-refractivity contribution in [3.63, 3.8) is 0 Å². The number of carboxylic acid groups (broad SMARTS) is 2. The largest absolute Gasteiger partial charge is 0.481 e. The molecule has 2 radical (unpaired) electrons. The van der Waals surface area contributed by atoms with Crippen LogP contribution in [0.5, 0.6) is 0 Å². The molecule has 0 fully saturated rings. The van der Waals surface area contributed by atoms with Gasteiger partial charge in [0.2, 0.25) is 0 Å². The van der Waals surface area contributed by atoms with E-state index in [-0.39, 0.29) is 45.4 Å². The van der Waals surface area contributed by atoms with Gasteiger partial charge in [0.15, 0.2) is 0 Å². The van der Waals surface area contributed by atoms with Gasteiger partial charge in [-0.2, -0.15) is 0 Å². The summed E-state index contributed by atoms with van der Waals surface area (Å²) >= 11 is 0. The van der Waals surface area contributed by atoms with Crippen LogP contribution in [0.3, 0.4) is 0 Å². The summed E-state index contributed by atoms with van der Waals surface area (Å²) in [6, 6.07) is 0. The van der Waals surface area contributed by atoms with Crippen molar-refractivity contribution in [3.8, 4) is 0 Å². The molecule has 0 aliphatic rings. The third-order valence-corrected chi connectivity index (χ3v) is 3.50. The number of carboxylic acids is 2. The van der Waals surface area contributed by atoms with Gasteiger partial charge in [0.1, 0.15) is 0 Å². The summed E-state index contributed by atoms with van der Waals surface area (Å²) in [7, 11) is 0. The molecule has 4 nitrogen and oxygen atoms in total. The third-order valence-electron chi connectivity index (χ3n) is 3.50. The molecule has 0 bridgehead atoms. The van der Waals surface area contributed by atoms with Gasteiger partial charge in [-0.25, -0.2) is 0 Å². The zero-order chi connectivity index (χ0) is 16.0. The summed E-state index contributed by atoms with van der Waals surface area (Å²) < 4.78 is 0. The van der Waals surface area contributed by atoms with Crippen LogP contribution in [0.1, 0.15) is 79.1 Å². The molecule has 0 spiro atoms. The maximum atomic E-state index is 10.4. The Kier molecular flexibility index (Phi) is 28.5. The minimum atomic E-state index is -0.643. The Bertz CT molecular complexity index is 235. The van der Waals surface area contributed by atoms with E-state index in [9.17, 15) is 9.59 Å². The molecule has 2 unspecified atom stereocenters. The third kappa shape index (κ3) is 18.0. The Morgan fingerprint density at radius 3 is 1.14 bits per heavy atom. The molecule has 0 aromatic rings. The standard InChI is InChI=1S/2C8H16O2.2Co/c2*1-3-5-6-7(4-2)8(9)10;;/h2*7H,3-6H2,1-2H3,(H,9,10);;. The molecule has 6 heteroatoms. The van der Waals surface area contributed by atoms with E-state index in [0.717, 1.165) is 51.4 Å². The van der Waals surface area contributed by atoms with Crippen LogP contribution in [0.25, 0.3) is 0 Å². The Balaban J connectivity index is -0.000000135. The van der Waals surface area contributed by atoms with Crippen LogP contribution < -0.4 is 0 Å². The van der Waals surface area contributed by atoms with E-state index in [1.165, 1.54) is 0 Å². The van der Waals surface area contributed by atoms with E-state index in [1.807, 2.05) is 13.8 Å². The molecule has 0 aromatic heterocycles. The molecule has 0 rings (SSSR count). The summed E-state index contributed by atoms with van der Waals surface area (Å²) in [4.78, 5) is 20.9. The molecule has 0 aliphatic carbocycles. The van der Waals surface area contributed by atoms with Gasteiger partial charge in [0, 0.05) is 33.6 Å². The molecule has 0 saturated heterocycles. The molecule has 0 aliphatic heterocycles. The number of hydrogen-bond acceptors (Lipinski definition) is 2. The van der Waals surface area contributed by atoms with Crippen LogP contribution in [-0.4, -0.2) is 22.2 Å². The summed E-state index contributed by atoms with van der Waals surface area (Å²) in [6.45, 7) is 8.01. The van der Waals surface area contributed by atoms with Gasteiger partial charge < -0.3 is 10.2 Å². The monoisotopic (exact) mass is 406 g/mol. The fraction of sp³-hybridized carbons (Fsp3) is 0.875. The summed E-state index contributed by atoms with van der Waals surface area (Å²) in [5, 5.41) is 17.2. The van der Waals surface area contributed by atoms with Gasteiger partial charge in [-0.15, -0.1) is 0 Å². The average molecular weight is 406 g/mol. The zero-order valence-electron chi connectivity index (χ0n) is 14.2. The minimum absolute atomic E-state index is 0. The van der Waals surface area contributed by atoms with E-state index in [2.05, 4.69) is 13.8 Å². The molecular weight excluding hydrogens is 374 g/mol. The predicted molar refractivity (Wildman–Crippen MR) is 81.9 cm³/mol. The van der Waals surface area contributed by atoms with Crippen molar-refractivity contribution < 1.29 is 53.4 Å². The van der Waals surface area contributed by atoms with E-state index >= 15 is 0 Å². The molecule has 2 atom stereocenters. The van der Waals surface area contributed by atoms with Gasteiger partial charge in [-0.3, -0.25) is 9.59 Å². The molecule has 0 aromatic carbocycles. The molecule has 0 heterocycles. The van der Waals surface area contributed by atoms with Crippen LogP contribution in [0.2, 0.25) is 0 Å². The Morgan fingerprint density at radius 2 is 1.00 bits per heavy atom. The molecule has 138 valence electrons. The van der Waals surface area contributed by atoms with Gasteiger partial charge in [-0.1, -0.05) is 53.4 Å². The van der Waals surface area contributed by atoms with Crippen LogP contribution in [0, 0.1) is 11.8 Å². The summed E-state index contributed by atoms with van der Waals surface area (Å²) in [5.41, 5.74) is 0. The van der Waals surface area contributed by atoms with Crippen molar-refractivity contribution in [1.82, 2.24) is 0 Å². The van der Waals surface area contributed by atoms with Crippen molar-refractivity contribution in [2.75, 3.05) is 0 Å². The second-order valence-electron chi connectivity index (χ2n) is 5.17. The van der Waals surface area contributed by atoms with E-state index < -0.39 is 11.9 Å².